The average Bonchev–Trinajstić information content (AvgIpc) is 2.18. The third kappa shape index (κ3) is 6.10. The second-order valence-corrected chi connectivity index (χ2v) is 3.69. The Balaban J connectivity index is 4.04. The van der Waals surface area contributed by atoms with E-state index in [4.69, 9.17) is 9.84 Å². The molecule has 0 saturated carbocycles. The second-order valence-electron chi connectivity index (χ2n) is 3.69. The summed E-state index contributed by atoms with van der Waals surface area (Å²) in [6.45, 7) is 5.64. The highest BCUT2D eigenvalue weighted by Gasteiger charge is 2.20. The standard InChI is InChI=1S/C11H20O4/c1-4-8(3)15-11(14)9(5-2)6-7-10(12)13/h8-9H,4-7H2,1-3H3,(H,12,13). The molecule has 0 rings (SSSR count). The smallest absolute Gasteiger partial charge is 0.309 e. The zero-order valence-electron chi connectivity index (χ0n) is 9.66. The van der Waals surface area contributed by atoms with Crippen LogP contribution in [0, 0.1) is 5.92 Å². The minimum atomic E-state index is -0.871. The first-order valence-electron chi connectivity index (χ1n) is 5.43. The first kappa shape index (κ1) is 13.9. The van der Waals surface area contributed by atoms with E-state index in [9.17, 15) is 9.59 Å². The fourth-order valence-electron chi connectivity index (χ4n) is 1.16. The molecule has 0 aromatic carbocycles. The lowest BCUT2D eigenvalue weighted by Gasteiger charge is -2.16. The van der Waals surface area contributed by atoms with Gasteiger partial charge in [-0.3, -0.25) is 9.59 Å². The van der Waals surface area contributed by atoms with Crippen molar-refractivity contribution in [3.05, 3.63) is 0 Å². The molecule has 0 bridgehead atoms. The van der Waals surface area contributed by atoms with E-state index in [1.165, 1.54) is 0 Å². The van der Waals surface area contributed by atoms with Crippen LogP contribution in [0.1, 0.15) is 46.5 Å². The largest absolute Gasteiger partial charge is 0.481 e. The number of rotatable bonds is 7. The van der Waals surface area contributed by atoms with Crippen LogP contribution in [0.5, 0.6) is 0 Å². The van der Waals surface area contributed by atoms with Gasteiger partial charge in [0, 0.05) is 6.42 Å². The van der Waals surface area contributed by atoms with E-state index in [1.807, 2.05) is 20.8 Å². The summed E-state index contributed by atoms with van der Waals surface area (Å²) in [7, 11) is 0. The van der Waals surface area contributed by atoms with Gasteiger partial charge in [0.25, 0.3) is 0 Å². The van der Waals surface area contributed by atoms with Gasteiger partial charge in [-0.15, -0.1) is 0 Å². The Bertz CT molecular complexity index is 213. The Morgan fingerprint density at radius 2 is 1.87 bits per heavy atom. The van der Waals surface area contributed by atoms with Gasteiger partial charge in [0.05, 0.1) is 12.0 Å². The molecule has 4 heteroatoms. The van der Waals surface area contributed by atoms with Crippen molar-refractivity contribution in [1.82, 2.24) is 0 Å². The number of aliphatic carboxylic acids is 1. The maximum atomic E-state index is 11.5. The molecule has 0 aromatic heterocycles. The van der Waals surface area contributed by atoms with E-state index in [0.29, 0.717) is 12.8 Å². The fourth-order valence-corrected chi connectivity index (χ4v) is 1.16. The summed E-state index contributed by atoms with van der Waals surface area (Å²) in [5.74, 6) is -1.42. The van der Waals surface area contributed by atoms with Crippen LogP contribution in [0.3, 0.4) is 0 Å². The number of carbonyl (C=O) groups is 2. The summed E-state index contributed by atoms with van der Waals surface area (Å²) >= 11 is 0. The summed E-state index contributed by atoms with van der Waals surface area (Å²) in [6.07, 6.45) is 1.70. The van der Waals surface area contributed by atoms with Crippen LogP contribution in [0.25, 0.3) is 0 Å². The molecular formula is C11H20O4. The van der Waals surface area contributed by atoms with E-state index in [0.717, 1.165) is 6.42 Å². The topological polar surface area (TPSA) is 63.6 Å². The Kier molecular flexibility index (Phi) is 6.75. The summed E-state index contributed by atoms with van der Waals surface area (Å²) in [5.41, 5.74) is 0. The Labute approximate surface area is 90.6 Å². The molecule has 4 nitrogen and oxygen atoms in total. The predicted octanol–water partition coefficient (Wildman–Crippen LogP) is 2.22. The van der Waals surface area contributed by atoms with E-state index >= 15 is 0 Å². The van der Waals surface area contributed by atoms with Gasteiger partial charge < -0.3 is 9.84 Å². The van der Waals surface area contributed by atoms with Gasteiger partial charge in [-0.2, -0.15) is 0 Å². The Morgan fingerprint density at radius 3 is 2.27 bits per heavy atom. The number of esters is 1. The number of carboxylic acid groups (broad SMARTS) is 1. The van der Waals surface area contributed by atoms with Crippen LogP contribution in [0.15, 0.2) is 0 Å². The molecule has 0 fully saturated rings. The van der Waals surface area contributed by atoms with Crippen molar-refractivity contribution >= 4 is 11.9 Å². The third-order valence-corrected chi connectivity index (χ3v) is 2.43. The van der Waals surface area contributed by atoms with Crippen molar-refractivity contribution in [2.24, 2.45) is 5.92 Å². The van der Waals surface area contributed by atoms with Gasteiger partial charge >= 0.3 is 11.9 Å². The van der Waals surface area contributed by atoms with Crippen molar-refractivity contribution in [1.29, 1.82) is 0 Å². The van der Waals surface area contributed by atoms with Gasteiger partial charge in [0.2, 0.25) is 0 Å². The zero-order chi connectivity index (χ0) is 11.8. The van der Waals surface area contributed by atoms with Gasteiger partial charge in [0.15, 0.2) is 0 Å². The lowest BCUT2D eigenvalue weighted by Crippen LogP contribution is -2.22. The monoisotopic (exact) mass is 216 g/mol. The van der Waals surface area contributed by atoms with Gasteiger partial charge in [-0.05, 0) is 26.2 Å². The van der Waals surface area contributed by atoms with Crippen LogP contribution in [0.2, 0.25) is 0 Å². The lowest BCUT2D eigenvalue weighted by atomic mass is 10.0. The summed E-state index contributed by atoms with van der Waals surface area (Å²) in [4.78, 5) is 21.9. The van der Waals surface area contributed by atoms with E-state index in [-0.39, 0.29) is 24.4 Å². The molecule has 88 valence electrons. The van der Waals surface area contributed by atoms with E-state index in [1.54, 1.807) is 0 Å². The number of hydrogen-bond donors (Lipinski definition) is 1. The zero-order valence-corrected chi connectivity index (χ0v) is 9.66. The third-order valence-electron chi connectivity index (χ3n) is 2.43. The lowest BCUT2D eigenvalue weighted by molar-refractivity contribution is -0.154. The SMILES string of the molecule is CCC(C)OC(=O)C(CC)CCC(=O)O. The Hall–Kier alpha value is -1.06. The molecule has 0 aliphatic carbocycles. The average molecular weight is 216 g/mol. The van der Waals surface area contributed by atoms with E-state index < -0.39 is 5.97 Å². The van der Waals surface area contributed by atoms with Crippen molar-refractivity contribution in [2.75, 3.05) is 0 Å². The minimum Gasteiger partial charge on any atom is -0.481 e. The van der Waals surface area contributed by atoms with Crippen molar-refractivity contribution < 1.29 is 19.4 Å². The van der Waals surface area contributed by atoms with E-state index in [2.05, 4.69) is 0 Å². The van der Waals surface area contributed by atoms with Crippen molar-refractivity contribution in [2.45, 2.75) is 52.6 Å². The molecule has 0 amide bonds. The van der Waals surface area contributed by atoms with Gasteiger partial charge in [0.1, 0.15) is 0 Å². The first-order valence-corrected chi connectivity index (χ1v) is 5.43. The summed E-state index contributed by atoms with van der Waals surface area (Å²) < 4.78 is 5.15. The van der Waals surface area contributed by atoms with Gasteiger partial charge in [-0.25, -0.2) is 0 Å². The normalized spacial score (nSPS) is 14.3. The maximum absolute atomic E-state index is 11.5. The molecular weight excluding hydrogens is 196 g/mol. The molecule has 1 N–H and O–H groups in total. The van der Waals surface area contributed by atoms with Crippen LogP contribution in [-0.4, -0.2) is 23.1 Å². The van der Waals surface area contributed by atoms with Crippen molar-refractivity contribution in [3.63, 3.8) is 0 Å². The van der Waals surface area contributed by atoms with Crippen LogP contribution in [0.4, 0.5) is 0 Å². The molecule has 0 aliphatic heterocycles. The number of ether oxygens (including phenoxy) is 1. The highest BCUT2D eigenvalue weighted by atomic mass is 16.5. The molecule has 0 heterocycles. The summed E-state index contributed by atoms with van der Waals surface area (Å²) in [5, 5.41) is 8.52. The number of carboxylic acids is 1. The van der Waals surface area contributed by atoms with Crippen LogP contribution in [-0.2, 0) is 14.3 Å². The molecule has 0 spiro atoms. The molecule has 0 radical (unpaired) electrons. The maximum Gasteiger partial charge on any atom is 0.309 e. The fraction of sp³-hybridized carbons (Fsp3) is 0.818. The highest BCUT2D eigenvalue weighted by Crippen LogP contribution is 2.14. The molecule has 0 aliphatic rings. The minimum absolute atomic E-state index is 0.0219. The Morgan fingerprint density at radius 1 is 1.27 bits per heavy atom. The predicted molar refractivity (Wildman–Crippen MR) is 56.5 cm³/mol. The molecule has 2 unspecified atom stereocenters. The van der Waals surface area contributed by atoms with Gasteiger partial charge in [-0.1, -0.05) is 13.8 Å². The second kappa shape index (κ2) is 7.26. The van der Waals surface area contributed by atoms with Crippen molar-refractivity contribution in [3.8, 4) is 0 Å². The number of carbonyl (C=O) groups excluding carboxylic acids is 1. The number of hydrogen-bond acceptors (Lipinski definition) is 3. The highest BCUT2D eigenvalue weighted by molar-refractivity contribution is 5.74. The first-order chi connectivity index (χ1) is 7.01. The molecule has 2 atom stereocenters. The summed E-state index contributed by atoms with van der Waals surface area (Å²) in [6, 6.07) is 0. The molecule has 15 heavy (non-hydrogen) atoms. The molecule has 0 aromatic rings. The quantitative estimate of drug-likeness (QED) is 0.663. The van der Waals surface area contributed by atoms with Crippen LogP contribution < -0.4 is 0 Å². The van der Waals surface area contributed by atoms with Crippen LogP contribution >= 0.6 is 0 Å². The molecule has 0 saturated heterocycles.